The number of anilines is 1. The van der Waals surface area contributed by atoms with Crippen molar-refractivity contribution in [3.8, 4) is 5.75 Å². The number of benzene rings is 1. The van der Waals surface area contributed by atoms with Gasteiger partial charge in [-0.25, -0.2) is 8.42 Å². The van der Waals surface area contributed by atoms with Crippen molar-refractivity contribution in [2.45, 2.75) is 52.5 Å². The van der Waals surface area contributed by atoms with Crippen molar-refractivity contribution in [1.29, 1.82) is 0 Å². The lowest BCUT2D eigenvalue weighted by molar-refractivity contribution is -0.122. The Morgan fingerprint density at radius 2 is 2.00 bits per heavy atom. The van der Waals surface area contributed by atoms with Crippen LogP contribution in [0.4, 0.5) is 5.69 Å². The van der Waals surface area contributed by atoms with Gasteiger partial charge < -0.3 is 10.1 Å². The maximum Gasteiger partial charge on any atom is 0.243 e. The van der Waals surface area contributed by atoms with Crippen LogP contribution >= 0.6 is 11.6 Å². The highest BCUT2D eigenvalue weighted by atomic mass is 35.5. The molecule has 0 heterocycles. The van der Waals surface area contributed by atoms with Gasteiger partial charge in [0.15, 0.2) is 0 Å². The monoisotopic (exact) mass is 418 g/mol. The Balaban J connectivity index is 3.05. The standard InChI is InChI=1S/C19H31ClN2O4S/c1-6-8-9-15(7-2)13-21-19(23)14(3)22(27(5,24)25)17-12-16(20)10-11-18(17)26-4/h10-12,14-15H,6-9,13H2,1-5H3,(H,21,23)/t14-,15-/m1/s1. The molecular formula is C19H31ClN2O4S. The van der Waals surface area contributed by atoms with Crippen molar-refractivity contribution in [1.82, 2.24) is 5.32 Å². The van der Waals surface area contributed by atoms with Gasteiger partial charge in [-0.05, 0) is 37.5 Å². The fraction of sp³-hybridized carbons (Fsp3) is 0.632. The molecule has 0 saturated carbocycles. The minimum Gasteiger partial charge on any atom is -0.495 e. The molecule has 2 atom stereocenters. The number of carbonyl (C=O) groups is 1. The Kier molecular flexibility index (Phi) is 9.39. The fourth-order valence-corrected chi connectivity index (χ4v) is 4.29. The molecule has 0 bridgehead atoms. The molecule has 0 spiro atoms. The third-order valence-corrected chi connectivity index (χ3v) is 6.04. The molecule has 0 aliphatic carbocycles. The molecule has 154 valence electrons. The van der Waals surface area contributed by atoms with Crippen molar-refractivity contribution in [2.24, 2.45) is 5.92 Å². The smallest absolute Gasteiger partial charge is 0.243 e. The minimum absolute atomic E-state index is 0.244. The zero-order valence-electron chi connectivity index (χ0n) is 16.8. The number of sulfonamides is 1. The van der Waals surface area contributed by atoms with E-state index in [0.29, 0.717) is 23.2 Å². The number of halogens is 1. The Labute approximate surface area is 168 Å². The molecule has 0 fully saturated rings. The number of hydrogen-bond acceptors (Lipinski definition) is 4. The topological polar surface area (TPSA) is 75.7 Å². The Hall–Kier alpha value is -1.47. The van der Waals surface area contributed by atoms with Crippen LogP contribution in [0.1, 0.15) is 46.5 Å². The van der Waals surface area contributed by atoms with E-state index < -0.39 is 16.1 Å². The van der Waals surface area contributed by atoms with E-state index in [9.17, 15) is 13.2 Å². The maximum absolute atomic E-state index is 12.7. The Bertz CT molecular complexity index is 724. The normalized spacial score (nSPS) is 13.7. The summed E-state index contributed by atoms with van der Waals surface area (Å²) in [5.74, 6) is 0.366. The summed E-state index contributed by atoms with van der Waals surface area (Å²) in [5, 5.41) is 3.26. The molecule has 1 aromatic carbocycles. The average molecular weight is 419 g/mol. The number of unbranched alkanes of at least 4 members (excludes halogenated alkanes) is 1. The average Bonchev–Trinajstić information content (AvgIpc) is 2.60. The largest absolute Gasteiger partial charge is 0.495 e. The fourth-order valence-electron chi connectivity index (χ4n) is 2.95. The SMILES string of the molecule is CCCC[C@@H](CC)CNC(=O)[C@@H](C)N(c1cc(Cl)ccc1OC)S(C)(=O)=O. The predicted molar refractivity (Wildman–Crippen MR) is 111 cm³/mol. The van der Waals surface area contributed by atoms with Crippen LogP contribution in [0.5, 0.6) is 5.75 Å². The first-order valence-corrected chi connectivity index (χ1v) is 11.5. The molecule has 0 aromatic heterocycles. The second kappa shape index (κ2) is 10.8. The molecule has 0 saturated heterocycles. The van der Waals surface area contributed by atoms with Gasteiger partial charge in [-0.15, -0.1) is 0 Å². The Morgan fingerprint density at radius 3 is 2.52 bits per heavy atom. The number of hydrogen-bond donors (Lipinski definition) is 1. The van der Waals surface area contributed by atoms with E-state index in [1.807, 2.05) is 0 Å². The molecule has 1 N–H and O–H groups in total. The van der Waals surface area contributed by atoms with Gasteiger partial charge in [-0.1, -0.05) is 44.7 Å². The number of rotatable bonds is 11. The zero-order chi connectivity index (χ0) is 20.6. The summed E-state index contributed by atoms with van der Waals surface area (Å²) in [6, 6.07) is 3.74. The van der Waals surface area contributed by atoms with Crippen molar-refractivity contribution < 1.29 is 17.9 Å². The Morgan fingerprint density at radius 1 is 1.33 bits per heavy atom. The van der Waals surface area contributed by atoms with Crippen LogP contribution < -0.4 is 14.4 Å². The summed E-state index contributed by atoms with van der Waals surface area (Å²) >= 11 is 6.04. The predicted octanol–water partition coefficient (Wildman–Crippen LogP) is 3.84. The lowest BCUT2D eigenvalue weighted by atomic mass is 9.99. The van der Waals surface area contributed by atoms with Gasteiger partial charge >= 0.3 is 0 Å². The van der Waals surface area contributed by atoms with E-state index in [-0.39, 0.29) is 11.6 Å². The molecule has 0 aliphatic heterocycles. The summed E-state index contributed by atoms with van der Waals surface area (Å²) in [4.78, 5) is 12.7. The van der Waals surface area contributed by atoms with Crippen molar-refractivity contribution in [3.05, 3.63) is 23.2 Å². The molecule has 1 amide bonds. The second-order valence-electron chi connectivity index (χ2n) is 6.71. The molecule has 8 heteroatoms. The van der Waals surface area contributed by atoms with Crippen LogP contribution in [-0.4, -0.2) is 40.3 Å². The minimum atomic E-state index is -3.74. The van der Waals surface area contributed by atoms with Crippen molar-refractivity contribution in [3.63, 3.8) is 0 Å². The number of amides is 1. The molecule has 0 unspecified atom stereocenters. The molecule has 0 radical (unpaired) electrons. The third kappa shape index (κ3) is 6.88. The van der Waals surface area contributed by atoms with Gasteiger partial charge in [0.25, 0.3) is 0 Å². The lowest BCUT2D eigenvalue weighted by Gasteiger charge is -2.30. The van der Waals surface area contributed by atoms with Gasteiger partial charge in [0, 0.05) is 11.6 Å². The van der Waals surface area contributed by atoms with Crippen LogP contribution in [0, 0.1) is 5.92 Å². The van der Waals surface area contributed by atoms with Crippen LogP contribution in [-0.2, 0) is 14.8 Å². The highest BCUT2D eigenvalue weighted by Crippen LogP contribution is 2.34. The molecule has 27 heavy (non-hydrogen) atoms. The number of methoxy groups -OCH3 is 1. The first-order chi connectivity index (χ1) is 12.6. The van der Waals surface area contributed by atoms with Gasteiger partial charge in [0.05, 0.1) is 19.1 Å². The van der Waals surface area contributed by atoms with Crippen molar-refractivity contribution in [2.75, 3.05) is 24.2 Å². The summed E-state index contributed by atoms with van der Waals surface area (Å²) in [5.41, 5.74) is 0.244. The van der Waals surface area contributed by atoms with Crippen molar-refractivity contribution >= 4 is 33.2 Å². The third-order valence-electron chi connectivity index (χ3n) is 4.58. The van der Waals surface area contributed by atoms with Crippen LogP contribution in [0.25, 0.3) is 0 Å². The molecular weight excluding hydrogens is 388 g/mol. The van der Waals surface area contributed by atoms with Crippen LogP contribution in [0.15, 0.2) is 18.2 Å². The molecule has 1 aromatic rings. The van der Waals surface area contributed by atoms with E-state index in [2.05, 4.69) is 19.2 Å². The van der Waals surface area contributed by atoms with Crippen LogP contribution in [0.3, 0.4) is 0 Å². The van der Waals surface area contributed by atoms with E-state index >= 15 is 0 Å². The van der Waals surface area contributed by atoms with E-state index in [0.717, 1.165) is 36.2 Å². The first kappa shape index (κ1) is 23.6. The summed E-state index contributed by atoms with van der Waals surface area (Å²) in [6.45, 7) is 6.32. The molecule has 6 nitrogen and oxygen atoms in total. The number of nitrogens with zero attached hydrogens (tertiary/aromatic N) is 1. The van der Waals surface area contributed by atoms with Gasteiger partial charge in [-0.3, -0.25) is 9.10 Å². The summed E-state index contributed by atoms with van der Waals surface area (Å²) in [7, 11) is -2.29. The van der Waals surface area contributed by atoms with E-state index in [4.69, 9.17) is 16.3 Å². The van der Waals surface area contributed by atoms with Gasteiger partial charge in [-0.2, -0.15) is 0 Å². The van der Waals surface area contributed by atoms with E-state index in [1.165, 1.54) is 13.2 Å². The summed E-state index contributed by atoms with van der Waals surface area (Å²) in [6.07, 6.45) is 5.29. The maximum atomic E-state index is 12.7. The highest BCUT2D eigenvalue weighted by Gasteiger charge is 2.31. The zero-order valence-corrected chi connectivity index (χ0v) is 18.4. The number of nitrogens with one attached hydrogen (secondary N) is 1. The number of carbonyl (C=O) groups excluding carboxylic acids is 1. The lowest BCUT2D eigenvalue weighted by Crippen LogP contribution is -2.48. The molecule has 0 aliphatic rings. The second-order valence-corrected chi connectivity index (χ2v) is 9.01. The quantitative estimate of drug-likeness (QED) is 0.592. The highest BCUT2D eigenvalue weighted by molar-refractivity contribution is 7.92. The van der Waals surface area contributed by atoms with Gasteiger partial charge in [0.2, 0.25) is 15.9 Å². The van der Waals surface area contributed by atoms with E-state index in [1.54, 1.807) is 19.1 Å². The summed E-state index contributed by atoms with van der Waals surface area (Å²) < 4.78 is 31.2. The first-order valence-electron chi connectivity index (χ1n) is 9.26. The van der Waals surface area contributed by atoms with Crippen LogP contribution in [0.2, 0.25) is 5.02 Å². The van der Waals surface area contributed by atoms with Gasteiger partial charge in [0.1, 0.15) is 11.8 Å². The number of ether oxygens (including phenoxy) is 1. The molecule has 1 rings (SSSR count).